The van der Waals surface area contributed by atoms with E-state index in [0.717, 1.165) is 6.20 Å². The van der Waals surface area contributed by atoms with Crippen molar-refractivity contribution in [1.29, 1.82) is 0 Å². The summed E-state index contributed by atoms with van der Waals surface area (Å²) in [5.41, 5.74) is 0.519. The summed E-state index contributed by atoms with van der Waals surface area (Å²) in [5, 5.41) is 28.6. The van der Waals surface area contributed by atoms with Crippen molar-refractivity contribution in [2.75, 3.05) is 0 Å². The monoisotopic (exact) mass is 264 g/mol. The second-order valence-corrected chi connectivity index (χ2v) is 4.04. The number of benzene rings is 1. The van der Waals surface area contributed by atoms with E-state index in [1.54, 1.807) is 12.1 Å². The van der Waals surface area contributed by atoms with Crippen molar-refractivity contribution in [3.05, 3.63) is 40.2 Å². The van der Waals surface area contributed by atoms with Crippen LogP contribution in [0.5, 0.6) is 0 Å². The molecule has 0 saturated heterocycles. The molecule has 2 aromatic heterocycles. The molecule has 18 heavy (non-hydrogen) atoms. The fourth-order valence-corrected chi connectivity index (χ4v) is 1.90. The van der Waals surface area contributed by atoms with Crippen molar-refractivity contribution in [2.45, 2.75) is 0 Å². The Morgan fingerprint density at radius 2 is 2.28 bits per heavy atom. The average Bonchev–Trinajstić information content (AvgIpc) is 2.73. The van der Waals surface area contributed by atoms with Gasteiger partial charge in [-0.15, -0.1) is 0 Å². The molecule has 0 aliphatic heterocycles. The lowest BCUT2D eigenvalue weighted by Gasteiger charge is -2.01. The standard InChI is InChI=1S/C10H5ClN4O3/c11-5-1-2-7-8(3-5)15(18)13-9-6(10(16)17)4-12-14(7)9/h1-4H,(H,16,17). The number of aromatic carboxylic acids is 1. The molecule has 0 radical (unpaired) electrons. The van der Waals surface area contributed by atoms with Gasteiger partial charge in [0.2, 0.25) is 5.65 Å². The second-order valence-electron chi connectivity index (χ2n) is 3.60. The highest BCUT2D eigenvalue weighted by Gasteiger charge is 2.19. The van der Waals surface area contributed by atoms with E-state index in [-0.39, 0.29) is 16.7 Å². The van der Waals surface area contributed by atoms with E-state index in [4.69, 9.17) is 16.7 Å². The Bertz CT molecular complexity index is 799. The fourth-order valence-electron chi connectivity index (χ4n) is 1.73. The minimum Gasteiger partial charge on any atom is -0.594 e. The quantitative estimate of drug-likeness (QED) is 0.520. The van der Waals surface area contributed by atoms with Crippen LogP contribution < -0.4 is 4.85 Å². The van der Waals surface area contributed by atoms with Crippen molar-refractivity contribution in [2.24, 2.45) is 0 Å². The molecule has 0 aliphatic carbocycles. The maximum atomic E-state index is 11.7. The summed E-state index contributed by atoms with van der Waals surface area (Å²) in [4.78, 5) is 11.3. The number of fused-ring (bicyclic) bond motifs is 3. The van der Waals surface area contributed by atoms with Crippen molar-refractivity contribution in [1.82, 2.24) is 14.7 Å². The molecule has 0 amide bonds. The minimum absolute atomic E-state index is 0.00711. The second kappa shape index (κ2) is 3.54. The zero-order valence-electron chi connectivity index (χ0n) is 8.74. The third kappa shape index (κ3) is 1.37. The van der Waals surface area contributed by atoms with Crippen molar-refractivity contribution in [3.63, 3.8) is 0 Å². The van der Waals surface area contributed by atoms with Crippen LogP contribution in [0.2, 0.25) is 5.02 Å². The normalized spacial score (nSPS) is 11.2. The van der Waals surface area contributed by atoms with E-state index in [2.05, 4.69) is 10.2 Å². The summed E-state index contributed by atoms with van der Waals surface area (Å²) in [6.07, 6.45) is 1.15. The van der Waals surface area contributed by atoms with E-state index >= 15 is 0 Å². The Morgan fingerprint density at radius 3 is 3.00 bits per heavy atom. The molecule has 0 unspecified atom stereocenters. The molecule has 0 bridgehead atoms. The lowest BCUT2D eigenvalue weighted by molar-refractivity contribution is -0.640. The van der Waals surface area contributed by atoms with Crippen molar-refractivity contribution in [3.8, 4) is 0 Å². The van der Waals surface area contributed by atoms with E-state index in [0.29, 0.717) is 15.4 Å². The van der Waals surface area contributed by atoms with Crippen LogP contribution in [0.3, 0.4) is 0 Å². The van der Waals surface area contributed by atoms with Gasteiger partial charge in [0, 0.05) is 16.2 Å². The maximum absolute atomic E-state index is 11.7. The maximum Gasteiger partial charge on any atom is 0.341 e. The molecular weight excluding hydrogens is 260 g/mol. The molecular formula is C10H5ClN4O3. The van der Waals surface area contributed by atoms with Crippen LogP contribution in [0.15, 0.2) is 24.4 Å². The molecule has 3 aromatic rings. The first-order chi connectivity index (χ1) is 8.58. The molecule has 0 saturated carbocycles. The molecule has 3 rings (SSSR count). The lowest BCUT2D eigenvalue weighted by Crippen LogP contribution is -2.33. The number of rotatable bonds is 1. The highest BCUT2D eigenvalue weighted by Crippen LogP contribution is 2.18. The van der Waals surface area contributed by atoms with E-state index < -0.39 is 5.97 Å². The Hall–Kier alpha value is -2.41. The summed E-state index contributed by atoms with van der Waals surface area (Å²) >= 11 is 5.79. The number of aromatic nitrogens is 4. The van der Waals surface area contributed by atoms with Crippen molar-refractivity contribution >= 4 is 34.3 Å². The Kier molecular flexibility index (Phi) is 2.11. The van der Waals surface area contributed by atoms with Gasteiger partial charge in [-0.25, -0.2) is 9.31 Å². The number of carboxylic acid groups (broad SMARTS) is 1. The van der Waals surface area contributed by atoms with Gasteiger partial charge in [-0.2, -0.15) is 5.10 Å². The summed E-state index contributed by atoms with van der Waals surface area (Å²) < 4.78 is 1.30. The van der Waals surface area contributed by atoms with Gasteiger partial charge in [0.25, 0.3) is 5.52 Å². The van der Waals surface area contributed by atoms with Crippen LogP contribution in [0.4, 0.5) is 0 Å². The number of carbonyl (C=O) groups is 1. The zero-order chi connectivity index (χ0) is 12.9. The SMILES string of the molecule is O=C(O)c1cnn2c1n[n+]([O-])c1cc(Cl)ccc12. The summed E-state index contributed by atoms with van der Waals surface area (Å²) in [6, 6.07) is 4.61. The van der Waals surface area contributed by atoms with Crippen LogP contribution in [0, 0.1) is 5.21 Å². The van der Waals surface area contributed by atoms with Crippen LogP contribution in [0.1, 0.15) is 10.4 Å². The first-order valence-corrected chi connectivity index (χ1v) is 5.26. The minimum atomic E-state index is -1.19. The highest BCUT2D eigenvalue weighted by atomic mass is 35.5. The van der Waals surface area contributed by atoms with Gasteiger partial charge in [-0.3, -0.25) is 0 Å². The van der Waals surface area contributed by atoms with E-state index in [9.17, 15) is 10.0 Å². The lowest BCUT2D eigenvalue weighted by atomic mass is 10.3. The number of hydrogen-bond acceptors (Lipinski definition) is 4. The summed E-state index contributed by atoms with van der Waals surface area (Å²) in [5.74, 6) is -1.19. The smallest absolute Gasteiger partial charge is 0.341 e. The van der Waals surface area contributed by atoms with E-state index in [1.165, 1.54) is 10.6 Å². The predicted molar refractivity (Wildman–Crippen MR) is 61.4 cm³/mol. The van der Waals surface area contributed by atoms with Gasteiger partial charge >= 0.3 is 5.97 Å². The number of nitrogens with zero attached hydrogens (tertiary/aromatic N) is 4. The summed E-state index contributed by atoms with van der Waals surface area (Å²) in [7, 11) is 0. The van der Waals surface area contributed by atoms with Gasteiger partial charge in [0.05, 0.1) is 6.20 Å². The third-order valence-electron chi connectivity index (χ3n) is 2.53. The van der Waals surface area contributed by atoms with Crippen LogP contribution >= 0.6 is 11.6 Å². The fraction of sp³-hybridized carbons (Fsp3) is 0. The number of carboxylic acids is 1. The Morgan fingerprint density at radius 1 is 1.50 bits per heavy atom. The number of halogens is 1. The Balaban J connectivity index is 2.52. The van der Waals surface area contributed by atoms with Gasteiger partial charge < -0.3 is 10.3 Å². The first-order valence-electron chi connectivity index (χ1n) is 4.88. The molecule has 8 heteroatoms. The summed E-state index contributed by atoms with van der Waals surface area (Å²) in [6.45, 7) is 0. The molecule has 0 spiro atoms. The van der Waals surface area contributed by atoms with Gasteiger partial charge in [-0.05, 0) is 17.0 Å². The molecule has 1 N–H and O–H groups in total. The number of hydrogen-bond donors (Lipinski definition) is 1. The zero-order valence-corrected chi connectivity index (χ0v) is 9.50. The highest BCUT2D eigenvalue weighted by molar-refractivity contribution is 6.31. The molecule has 1 aromatic carbocycles. The first kappa shape index (κ1) is 10.7. The average molecular weight is 265 g/mol. The predicted octanol–water partition coefficient (Wildman–Crippen LogP) is 0.867. The molecule has 0 atom stereocenters. The van der Waals surface area contributed by atoms with E-state index in [1.807, 2.05) is 0 Å². The topological polar surface area (TPSA) is 94.4 Å². The van der Waals surface area contributed by atoms with Gasteiger partial charge in [0.15, 0.2) is 0 Å². The molecule has 0 fully saturated rings. The van der Waals surface area contributed by atoms with Crippen LogP contribution in [-0.2, 0) is 0 Å². The molecule has 2 heterocycles. The van der Waals surface area contributed by atoms with Gasteiger partial charge in [-0.1, -0.05) is 11.6 Å². The molecule has 7 nitrogen and oxygen atoms in total. The van der Waals surface area contributed by atoms with Crippen LogP contribution in [-0.4, -0.2) is 25.8 Å². The Labute approximate surface area is 104 Å². The largest absolute Gasteiger partial charge is 0.594 e. The van der Waals surface area contributed by atoms with Crippen LogP contribution in [0.25, 0.3) is 16.7 Å². The molecule has 0 aliphatic rings. The molecule has 90 valence electrons. The van der Waals surface area contributed by atoms with Gasteiger partial charge in [0.1, 0.15) is 11.1 Å². The third-order valence-corrected chi connectivity index (χ3v) is 2.77. The van der Waals surface area contributed by atoms with Crippen molar-refractivity contribution < 1.29 is 14.7 Å².